The minimum absolute atomic E-state index is 0.117. The number of nitrogens with one attached hydrogen (secondary N) is 1. The second-order valence-corrected chi connectivity index (χ2v) is 11.1. The lowest BCUT2D eigenvalue weighted by molar-refractivity contribution is 0.0691. The van der Waals surface area contributed by atoms with Crippen LogP contribution in [0.2, 0.25) is 0 Å². The van der Waals surface area contributed by atoms with E-state index in [-0.39, 0.29) is 16.5 Å². The molecule has 0 atom stereocenters. The zero-order valence-corrected chi connectivity index (χ0v) is 20.4. The zero-order valence-electron chi connectivity index (χ0n) is 18.8. The molecule has 10 heteroatoms. The van der Waals surface area contributed by atoms with Crippen molar-refractivity contribution >= 4 is 33.0 Å². The molecule has 1 aromatic heterocycles. The first kappa shape index (κ1) is 24.2. The first-order valence-electron chi connectivity index (χ1n) is 10.9. The van der Waals surface area contributed by atoms with Crippen LogP contribution in [0.15, 0.2) is 41.4 Å². The summed E-state index contributed by atoms with van der Waals surface area (Å²) in [5.41, 5.74) is 1.29. The molecule has 1 aliphatic carbocycles. The van der Waals surface area contributed by atoms with Crippen LogP contribution in [0.1, 0.15) is 58.8 Å². The minimum atomic E-state index is -4.18. The van der Waals surface area contributed by atoms with Gasteiger partial charge in [0.2, 0.25) is 0 Å². The lowest BCUT2D eigenvalue weighted by atomic mass is 9.84. The van der Waals surface area contributed by atoms with E-state index >= 15 is 0 Å². The van der Waals surface area contributed by atoms with Crippen molar-refractivity contribution in [3.63, 3.8) is 0 Å². The molecule has 34 heavy (non-hydrogen) atoms. The van der Waals surface area contributed by atoms with Crippen LogP contribution in [0.5, 0.6) is 5.75 Å². The van der Waals surface area contributed by atoms with Gasteiger partial charge in [-0.2, -0.15) is 8.42 Å². The van der Waals surface area contributed by atoms with Crippen LogP contribution < -0.4 is 9.46 Å². The molecule has 0 saturated heterocycles. The van der Waals surface area contributed by atoms with E-state index in [1.54, 1.807) is 6.92 Å². The van der Waals surface area contributed by atoms with Crippen molar-refractivity contribution in [1.29, 1.82) is 0 Å². The Morgan fingerprint density at radius 3 is 2.47 bits per heavy atom. The Morgan fingerprint density at radius 2 is 1.85 bits per heavy atom. The first-order chi connectivity index (χ1) is 16.2. The third-order valence-electron chi connectivity index (χ3n) is 6.01. The van der Waals surface area contributed by atoms with Crippen molar-refractivity contribution in [2.75, 3.05) is 11.8 Å². The summed E-state index contributed by atoms with van der Waals surface area (Å²) in [4.78, 5) is 16.0. The molecule has 180 valence electrons. The summed E-state index contributed by atoms with van der Waals surface area (Å²) in [5.74, 6) is -2.11. The number of carboxylic acid groups (broad SMARTS) is 1. The normalized spacial score (nSPS) is 14.7. The third kappa shape index (κ3) is 4.92. The number of aromatic carboxylic acids is 1. The summed E-state index contributed by atoms with van der Waals surface area (Å²) in [5, 5.41) is 9.47. The van der Waals surface area contributed by atoms with Gasteiger partial charge in [-0.05, 0) is 37.3 Å². The van der Waals surface area contributed by atoms with Gasteiger partial charge in [-0.3, -0.25) is 4.72 Å². The average molecular weight is 505 g/mol. The maximum absolute atomic E-state index is 14.2. The number of rotatable bonds is 7. The molecular weight excluding hydrogens is 479 g/mol. The number of aromatic nitrogens is 1. The molecule has 0 amide bonds. The van der Waals surface area contributed by atoms with Crippen LogP contribution in [0.3, 0.4) is 0 Å². The molecule has 7 nitrogen and oxygen atoms in total. The number of nitrogens with zero attached hydrogens (tertiary/aromatic N) is 1. The number of hydrogen-bond acceptors (Lipinski definition) is 6. The summed E-state index contributed by atoms with van der Waals surface area (Å²) in [6.45, 7) is 1.65. The van der Waals surface area contributed by atoms with E-state index in [2.05, 4.69) is 21.8 Å². The monoisotopic (exact) mass is 504 g/mol. The Kier molecular flexibility index (Phi) is 6.90. The fourth-order valence-electron chi connectivity index (χ4n) is 4.25. The van der Waals surface area contributed by atoms with E-state index in [1.165, 1.54) is 56.1 Å². The summed E-state index contributed by atoms with van der Waals surface area (Å²) in [6.07, 6.45) is 6.18. The topological polar surface area (TPSA) is 106 Å². The van der Waals surface area contributed by atoms with Crippen LogP contribution >= 0.6 is 11.3 Å². The highest BCUT2D eigenvalue weighted by molar-refractivity contribution is 7.92. The van der Waals surface area contributed by atoms with Crippen LogP contribution in [0, 0.1) is 12.7 Å². The van der Waals surface area contributed by atoms with Crippen LogP contribution in [0.25, 0.3) is 10.6 Å². The lowest BCUT2D eigenvalue weighted by Gasteiger charge is -2.21. The third-order valence-corrected chi connectivity index (χ3v) is 8.55. The molecule has 0 radical (unpaired) electrons. The van der Waals surface area contributed by atoms with Gasteiger partial charge in [0.15, 0.2) is 5.03 Å². The number of sulfonamides is 1. The molecule has 0 spiro atoms. The molecule has 0 aliphatic heterocycles. The lowest BCUT2D eigenvalue weighted by Crippen LogP contribution is -2.16. The van der Waals surface area contributed by atoms with Crippen molar-refractivity contribution in [2.24, 2.45) is 0 Å². The van der Waals surface area contributed by atoms with Crippen molar-refractivity contribution in [3.8, 4) is 16.3 Å². The predicted octanol–water partition coefficient (Wildman–Crippen LogP) is 5.81. The second kappa shape index (κ2) is 9.71. The number of thiazole rings is 1. The number of carbonyl (C=O) groups is 1. The summed E-state index contributed by atoms with van der Waals surface area (Å²) in [7, 11) is -2.95. The molecule has 2 N–H and O–H groups in total. The number of ether oxygens (including phenoxy) is 1. The summed E-state index contributed by atoms with van der Waals surface area (Å²) >= 11 is 1.25. The SMILES string of the molecule is COc1cc(C(=O)O)c(F)cc1NS(=O)(=O)c1nc(-c2ccc(C3CCCCC3)cc2)sc1C. The number of methoxy groups -OCH3 is 1. The van der Waals surface area contributed by atoms with Gasteiger partial charge in [-0.25, -0.2) is 14.2 Å². The fraction of sp³-hybridized carbons (Fsp3) is 0.333. The van der Waals surface area contributed by atoms with E-state index in [0.717, 1.165) is 17.7 Å². The highest BCUT2D eigenvalue weighted by Gasteiger charge is 2.26. The minimum Gasteiger partial charge on any atom is -0.495 e. The van der Waals surface area contributed by atoms with E-state index in [0.29, 0.717) is 15.8 Å². The van der Waals surface area contributed by atoms with Gasteiger partial charge >= 0.3 is 5.97 Å². The molecule has 4 rings (SSSR count). The molecule has 0 bridgehead atoms. The quantitative estimate of drug-likeness (QED) is 0.420. The Morgan fingerprint density at radius 1 is 1.18 bits per heavy atom. The van der Waals surface area contributed by atoms with Crippen LogP contribution in [0.4, 0.5) is 10.1 Å². The Bertz CT molecular complexity index is 1310. The van der Waals surface area contributed by atoms with Crippen LogP contribution in [-0.2, 0) is 10.0 Å². The molecule has 1 heterocycles. The number of anilines is 1. The van der Waals surface area contributed by atoms with E-state index in [4.69, 9.17) is 9.84 Å². The molecule has 3 aromatic rings. The van der Waals surface area contributed by atoms with E-state index in [1.807, 2.05) is 12.1 Å². The summed E-state index contributed by atoms with van der Waals surface area (Å²) < 4.78 is 47.7. The van der Waals surface area contributed by atoms with Crippen molar-refractivity contribution in [1.82, 2.24) is 4.98 Å². The molecule has 0 unspecified atom stereocenters. The Labute approximate surface area is 201 Å². The number of carboxylic acids is 1. The highest BCUT2D eigenvalue weighted by Crippen LogP contribution is 2.36. The largest absolute Gasteiger partial charge is 0.495 e. The molecule has 2 aromatic carbocycles. The Hall–Kier alpha value is -2.98. The van der Waals surface area contributed by atoms with Gasteiger partial charge in [0.25, 0.3) is 10.0 Å². The van der Waals surface area contributed by atoms with Gasteiger partial charge in [-0.1, -0.05) is 43.5 Å². The van der Waals surface area contributed by atoms with Gasteiger partial charge in [0, 0.05) is 16.5 Å². The number of hydrogen-bond donors (Lipinski definition) is 2. The highest BCUT2D eigenvalue weighted by atomic mass is 32.2. The zero-order chi connectivity index (χ0) is 24.5. The van der Waals surface area contributed by atoms with Crippen molar-refractivity contribution in [2.45, 2.75) is 50.0 Å². The van der Waals surface area contributed by atoms with Gasteiger partial charge in [0.05, 0.1) is 18.4 Å². The molecular formula is C24H25FN2O5S2. The maximum Gasteiger partial charge on any atom is 0.338 e. The van der Waals surface area contributed by atoms with Crippen molar-refractivity contribution < 1.29 is 27.4 Å². The number of aryl methyl sites for hydroxylation is 1. The average Bonchev–Trinajstić information content (AvgIpc) is 3.22. The van der Waals surface area contributed by atoms with Crippen molar-refractivity contribution in [3.05, 3.63) is 58.2 Å². The smallest absolute Gasteiger partial charge is 0.338 e. The number of halogens is 1. The second-order valence-electron chi connectivity index (χ2n) is 8.28. The molecule has 1 saturated carbocycles. The van der Waals surface area contributed by atoms with E-state index in [9.17, 15) is 17.6 Å². The van der Waals surface area contributed by atoms with Gasteiger partial charge in [-0.15, -0.1) is 11.3 Å². The number of benzene rings is 2. The Balaban J connectivity index is 1.60. The van der Waals surface area contributed by atoms with Crippen LogP contribution in [-0.4, -0.2) is 31.6 Å². The molecule has 1 aliphatic rings. The summed E-state index contributed by atoms with van der Waals surface area (Å²) in [6, 6.07) is 9.83. The van der Waals surface area contributed by atoms with E-state index < -0.39 is 27.4 Å². The van der Waals surface area contributed by atoms with Gasteiger partial charge < -0.3 is 9.84 Å². The molecule has 1 fully saturated rings. The standard InChI is InChI=1S/C24H25FN2O5S2/c1-14-23(34(30,31)27-20-13-19(25)18(24(28)29)12-21(20)32-2)26-22(33-14)17-10-8-16(9-11-17)15-6-4-3-5-7-15/h8-13,15,27H,3-7H2,1-2H3,(H,28,29). The maximum atomic E-state index is 14.2. The first-order valence-corrected chi connectivity index (χ1v) is 13.2. The fourth-order valence-corrected chi connectivity index (χ4v) is 6.71. The van der Waals surface area contributed by atoms with Gasteiger partial charge in [0.1, 0.15) is 16.6 Å². The predicted molar refractivity (Wildman–Crippen MR) is 129 cm³/mol.